The summed E-state index contributed by atoms with van der Waals surface area (Å²) in [7, 11) is 4.15. The minimum atomic E-state index is 0.673. The van der Waals surface area contributed by atoms with Crippen LogP contribution in [-0.4, -0.2) is 32.1 Å². The van der Waals surface area contributed by atoms with Gasteiger partial charge in [-0.05, 0) is 39.5 Å². The van der Waals surface area contributed by atoms with Gasteiger partial charge < -0.3 is 14.6 Å². The lowest BCUT2D eigenvalue weighted by atomic mass is 10.1. The molecule has 0 aliphatic carbocycles. The summed E-state index contributed by atoms with van der Waals surface area (Å²) in [6.07, 6.45) is 1.76. The van der Waals surface area contributed by atoms with E-state index in [4.69, 9.17) is 4.42 Å². The Bertz CT molecular complexity index is 283. The fourth-order valence-corrected chi connectivity index (χ4v) is 1.88. The first-order valence-electron chi connectivity index (χ1n) is 5.49. The van der Waals surface area contributed by atoms with E-state index in [2.05, 4.69) is 30.3 Å². The smallest absolute Gasteiger partial charge is 0.105 e. The van der Waals surface area contributed by atoms with Gasteiger partial charge in [-0.1, -0.05) is 6.92 Å². The molecule has 0 aromatic carbocycles. The maximum atomic E-state index is 5.28. The number of aryl methyl sites for hydroxylation is 1. The van der Waals surface area contributed by atoms with Crippen molar-refractivity contribution in [1.82, 2.24) is 10.2 Å². The molecule has 15 heavy (non-hydrogen) atoms. The summed E-state index contributed by atoms with van der Waals surface area (Å²) in [5, 5.41) is 3.20. The Hall–Kier alpha value is -0.800. The second-order valence-corrected chi connectivity index (χ2v) is 4.36. The summed E-state index contributed by atoms with van der Waals surface area (Å²) in [6, 6.07) is 2.05. The van der Waals surface area contributed by atoms with Gasteiger partial charge in [-0.3, -0.25) is 0 Å². The first-order valence-corrected chi connectivity index (χ1v) is 5.49. The lowest BCUT2D eigenvalue weighted by Gasteiger charge is -2.20. The van der Waals surface area contributed by atoms with Gasteiger partial charge in [-0.25, -0.2) is 0 Å². The lowest BCUT2D eigenvalue weighted by molar-refractivity contribution is 0.275. The number of hydrogen-bond acceptors (Lipinski definition) is 3. The zero-order valence-corrected chi connectivity index (χ0v) is 10.2. The number of hydrogen-bond donors (Lipinski definition) is 1. The van der Waals surface area contributed by atoms with Gasteiger partial charge in [0.25, 0.3) is 0 Å². The van der Waals surface area contributed by atoms with Crippen LogP contribution < -0.4 is 5.32 Å². The van der Waals surface area contributed by atoms with Crippen LogP contribution in [0, 0.1) is 12.8 Å². The van der Waals surface area contributed by atoms with E-state index in [1.54, 1.807) is 6.26 Å². The van der Waals surface area contributed by atoms with E-state index >= 15 is 0 Å². The van der Waals surface area contributed by atoms with E-state index in [9.17, 15) is 0 Å². The zero-order chi connectivity index (χ0) is 11.3. The van der Waals surface area contributed by atoms with Gasteiger partial charge in [-0.15, -0.1) is 0 Å². The molecule has 1 unspecified atom stereocenters. The van der Waals surface area contributed by atoms with E-state index in [1.165, 1.54) is 5.56 Å². The van der Waals surface area contributed by atoms with Crippen molar-refractivity contribution in [3.8, 4) is 0 Å². The molecule has 3 heteroatoms. The predicted octanol–water partition coefficient (Wildman–Crippen LogP) is 1.88. The molecule has 1 N–H and O–H groups in total. The monoisotopic (exact) mass is 210 g/mol. The zero-order valence-electron chi connectivity index (χ0n) is 10.2. The Kier molecular flexibility index (Phi) is 4.85. The maximum Gasteiger partial charge on any atom is 0.105 e. The van der Waals surface area contributed by atoms with Crippen LogP contribution >= 0.6 is 0 Å². The van der Waals surface area contributed by atoms with Gasteiger partial charge in [0.05, 0.1) is 6.26 Å². The highest BCUT2D eigenvalue weighted by Gasteiger charge is 2.08. The minimum absolute atomic E-state index is 0.673. The van der Waals surface area contributed by atoms with E-state index in [0.29, 0.717) is 5.92 Å². The fraction of sp³-hybridized carbons (Fsp3) is 0.667. The number of nitrogens with zero attached hydrogens (tertiary/aromatic N) is 1. The second kappa shape index (κ2) is 5.93. The van der Waals surface area contributed by atoms with Gasteiger partial charge in [0, 0.05) is 18.7 Å². The topological polar surface area (TPSA) is 28.4 Å². The third-order valence-corrected chi connectivity index (χ3v) is 2.58. The van der Waals surface area contributed by atoms with Crippen molar-refractivity contribution in [2.45, 2.75) is 20.4 Å². The first kappa shape index (κ1) is 12.3. The van der Waals surface area contributed by atoms with E-state index in [-0.39, 0.29) is 0 Å². The molecule has 0 spiro atoms. The summed E-state index contributed by atoms with van der Waals surface area (Å²) < 4.78 is 5.28. The summed E-state index contributed by atoms with van der Waals surface area (Å²) in [5.74, 6) is 1.70. The van der Waals surface area contributed by atoms with E-state index in [1.807, 2.05) is 14.0 Å². The molecule has 1 rings (SSSR count). The van der Waals surface area contributed by atoms with Crippen LogP contribution in [0.1, 0.15) is 18.2 Å². The van der Waals surface area contributed by atoms with Gasteiger partial charge in [0.15, 0.2) is 0 Å². The molecule has 0 radical (unpaired) electrons. The van der Waals surface area contributed by atoms with Crippen LogP contribution in [0.5, 0.6) is 0 Å². The lowest BCUT2D eigenvalue weighted by Crippen LogP contribution is -2.29. The molecule has 1 aromatic rings. The normalized spacial score (nSPS) is 13.4. The van der Waals surface area contributed by atoms with Crippen LogP contribution in [0.3, 0.4) is 0 Å². The van der Waals surface area contributed by atoms with Crippen molar-refractivity contribution in [2.75, 3.05) is 27.2 Å². The van der Waals surface area contributed by atoms with Gasteiger partial charge in [-0.2, -0.15) is 0 Å². The SMILES string of the molecule is CNCC(C)CN(C)Cc1ccoc1C. The van der Waals surface area contributed by atoms with Gasteiger partial charge in [0.2, 0.25) is 0 Å². The molecule has 1 heterocycles. The number of rotatable bonds is 6. The first-order chi connectivity index (χ1) is 7.13. The quantitative estimate of drug-likeness (QED) is 0.777. The second-order valence-electron chi connectivity index (χ2n) is 4.36. The van der Waals surface area contributed by atoms with Crippen LogP contribution in [0.15, 0.2) is 16.7 Å². The van der Waals surface area contributed by atoms with Crippen molar-refractivity contribution in [3.05, 3.63) is 23.7 Å². The van der Waals surface area contributed by atoms with Crippen molar-refractivity contribution < 1.29 is 4.42 Å². The number of nitrogens with one attached hydrogen (secondary N) is 1. The van der Waals surface area contributed by atoms with Gasteiger partial charge in [0.1, 0.15) is 5.76 Å². The van der Waals surface area contributed by atoms with Crippen molar-refractivity contribution in [2.24, 2.45) is 5.92 Å². The van der Waals surface area contributed by atoms with Crippen LogP contribution in [-0.2, 0) is 6.54 Å². The Morgan fingerprint density at radius 1 is 1.53 bits per heavy atom. The van der Waals surface area contributed by atoms with Crippen molar-refractivity contribution >= 4 is 0 Å². The molecule has 86 valence electrons. The molecule has 0 amide bonds. The average molecular weight is 210 g/mol. The molecule has 0 saturated carbocycles. The fourth-order valence-electron chi connectivity index (χ4n) is 1.88. The Labute approximate surface area is 92.5 Å². The van der Waals surface area contributed by atoms with E-state index < -0.39 is 0 Å². The van der Waals surface area contributed by atoms with Gasteiger partial charge >= 0.3 is 0 Å². The summed E-state index contributed by atoms with van der Waals surface area (Å²) in [4.78, 5) is 2.33. The molecule has 0 fully saturated rings. The standard InChI is InChI=1S/C12H22N2O/c1-10(7-13-3)8-14(4)9-12-5-6-15-11(12)2/h5-6,10,13H,7-9H2,1-4H3. The van der Waals surface area contributed by atoms with Crippen molar-refractivity contribution in [1.29, 1.82) is 0 Å². The van der Waals surface area contributed by atoms with Crippen molar-refractivity contribution in [3.63, 3.8) is 0 Å². The Morgan fingerprint density at radius 3 is 2.80 bits per heavy atom. The molecule has 1 aromatic heterocycles. The maximum absolute atomic E-state index is 5.28. The predicted molar refractivity (Wildman–Crippen MR) is 62.9 cm³/mol. The molecular formula is C12H22N2O. The Balaban J connectivity index is 2.36. The third kappa shape index (κ3) is 4.06. The summed E-state index contributed by atoms with van der Waals surface area (Å²) in [6.45, 7) is 7.41. The van der Waals surface area contributed by atoms with Crippen LogP contribution in [0.25, 0.3) is 0 Å². The largest absolute Gasteiger partial charge is 0.469 e. The summed E-state index contributed by atoms with van der Waals surface area (Å²) in [5.41, 5.74) is 1.29. The third-order valence-electron chi connectivity index (χ3n) is 2.58. The molecule has 3 nitrogen and oxygen atoms in total. The molecule has 0 aliphatic rings. The highest BCUT2D eigenvalue weighted by atomic mass is 16.3. The molecule has 0 aliphatic heterocycles. The Morgan fingerprint density at radius 2 is 2.27 bits per heavy atom. The van der Waals surface area contributed by atoms with E-state index in [0.717, 1.165) is 25.4 Å². The molecule has 0 saturated heterocycles. The molecule has 0 bridgehead atoms. The molecule has 1 atom stereocenters. The highest BCUT2D eigenvalue weighted by molar-refractivity contribution is 5.14. The minimum Gasteiger partial charge on any atom is -0.469 e. The summed E-state index contributed by atoms with van der Waals surface area (Å²) >= 11 is 0. The average Bonchev–Trinajstić information content (AvgIpc) is 2.52. The molecular weight excluding hydrogens is 188 g/mol. The number of furan rings is 1. The van der Waals surface area contributed by atoms with Crippen LogP contribution in [0.2, 0.25) is 0 Å². The van der Waals surface area contributed by atoms with Crippen LogP contribution in [0.4, 0.5) is 0 Å². The highest BCUT2D eigenvalue weighted by Crippen LogP contribution is 2.11.